The van der Waals surface area contributed by atoms with Gasteiger partial charge in [0.1, 0.15) is 18.2 Å². The van der Waals surface area contributed by atoms with Crippen LogP contribution in [0.4, 0.5) is 11.5 Å². The molecule has 1 aliphatic rings. The molecule has 4 rings (SSSR count). The number of aromatic amines is 1. The summed E-state index contributed by atoms with van der Waals surface area (Å²) in [6.07, 6.45) is 6.67. The summed E-state index contributed by atoms with van der Waals surface area (Å²) >= 11 is 12.3. The molecule has 1 amide bonds. The van der Waals surface area contributed by atoms with Crippen LogP contribution in [0.2, 0.25) is 10.0 Å². The summed E-state index contributed by atoms with van der Waals surface area (Å²) in [6, 6.07) is 4.98. The average Bonchev–Trinajstić information content (AvgIpc) is 3.24. The Labute approximate surface area is 197 Å². The minimum Gasteiger partial charge on any atom is -0.374 e. The van der Waals surface area contributed by atoms with Crippen molar-refractivity contribution in [2.75, 3.05) is 17.2 Å². The van der Waals surface area contributed by atoms with Crippen LogP contribution in [0.3, 0.4) is 0 Å². The van der Waals surface area contributed by atoms with Crippen LogP contribution in [0.15, 0.2) is 30.7 Å². The first-order chi connectivity index (χ1) is 15.5. The van der Waals surface area contributed by atoms with E-state index in [1.54, 1.807) is 24.4 Å². The van der Waals surface area contributed by atoms with E-state index in [0.717, 1.165) is 42.7 Å². The van der Waals surface area contributed by atoms with E-state index in [9.17, 15) is 4.79 Å². The highest BCUT2D eigenvalue weighted by Gasteiger charge is 2.34. The van der Waals surface area contributed by atoms with E-state index in [2.05, 4.69) is 44.6 Å². The topological polar surface area (TPSA) is 98.8 Å². The number of anilines is 2. The minimum absolute atomic E-state index is 0.00253. The summed E-state index contributed by atoms with van der Waals surface area (Å²) in [5.74, 6) is 0.810. The highest BCUT2D eigenvalue weighted by atomic mass is 35.5. The third-order valence-corrected chi connectivity index (χ3v) is 6.36. The third kappa shape index (κ3) is 4.91. The second-order valence-electron chi connectivity index (χ2n) is 8.16. The van der Waals surface area contributed by atoms with E-state index < -0.39 is 0 Å². The summed E-state index contributed by atoms with van der Waals surface area (Å²) in [6.45, 7) is 4.88. The largest absolute Gasteiger partial charge is 0.374 e. The zero-order valence-corrected chi connectivity index (χ0v) is 19.6. The zero-order valence-electron chi connectivity index (χ0n) is 18.1. The van der Waals surface area contributed by atoms with E-state index in [1.165, 1.54) is 6.33 Å². The predicted octanol–water partition coefficient (Wildman–Crippen LogP) is 4.73. The number of benzene rings is 1. The van der Waals surface area contributed by atoms with Gasteiger partial charge >= 0.3 is 0 Å². The van der Waals surface area contributed by atoms with Crippen molar-refractivity contribution in [2.24, 2.45) is 0 Å². The predicted molar refractivity (Wildman–Crippen MR) is 128 cm³/mol. The number of aromatic nitrogens is 4. The molecule has 8 nitrogen and oxygen atoms in total. The molecule has 2 unspecified atom stereocenters. The number of H-pyrrole nitrogens is 1. The van der Waals surface area contributed by atoms with Gasteiger partial charge in [0.2, 0.25) is 5.91 Å². The molecule has 0 aliphatic carbocycles. The SMILES string of the molecule is CCC[C@@H](Nc1cc(Cl)cc(Cl)c1)C(=O)N1CCCC(Nc2ncnc3[nH]ncc23)C1C. The molecule has 3 aromatic rings. The Morgan fingerprint density at radius 2 is 2.06 bits per heavy atom. The smallest absolute Gasteiger partial charge is 0.245 e. The van der Waals surface area contributed by atoms with Crippen LogP contribution in [0.5, 0.6) is 0 Å². The zero-order chi connectivity index (χ0) is 22.7. The van der Waals surface area contributed by atoms with Crippen molar-refractivity contribution in [2.45, 2.75) is 57.7 Å². The van der Waals surface area contributed by atoms with Gasteiger partial charge in [0.25, 0.3) is 0 Å². The number of halogens is 2. The van der Waals surface area contributed by atoms with Crippen LogP contribution in [-0.2, 0) is 4.79 Å². The molecule has 3 heterocycles. The standard InChI is InChI=1S/C22H27Cl2N7O/c1-3-5-19(28-16-9-14(23)8-15(24)10-16)22(32)31-7-4-6-18(13(31)2)29-20-17-11-27-30-21(17)26-12-25-20/h8-13,18-19,28H,3-7H2,1-2H3,(H2,25,26,27,29,30)/t13?,18?,19-/m1/s1. The van der Waals surface area contributed by atoms with E-state index in [1.807, 2.05) is 4.90 Å². The maximum Gasteiger partial charge on any atom is 0.245 e. The average molecular weight is 476 g/mol. The molecule has 0 radical (unpaired) electrons. The minimum atomic E-state index is -0.352. The number of likely N-dealkylation sites (tertiary alicyclic amines) is 1. The maximum absolute atomic E-state index is 13.6. The van der Waals surface area contributed by atoms with E-state index in [0.29, 0.717) is 22.1 Å². The Hall–Kier alpha value is -2.58. The number of hydrogen-bond donors (Lipinski definition) is 3. The van der Waals surface area contributed by atoms with E-state index >= 15 is 0 Å². The number of carbonyl (C=O) groups excluding carboxylic acids is 1. The molecule has 3 N–H and O–H groups in total. The maximum atomic E-state index is 13.6. The summed E-state index contributed by atoms with van der Waals surface area (Å²) in [5, 5.41) is 15.7. The van der Waals surface area contributed by atoms with E-state index in [4.69, 9.17) is 23.2 Å². The van der Waals surface area contributed by atoms with Crippen LogP contribution < -0.4 is 10.6 Å². The number of carbonyl (C=O) groups is 1. The van der Waals surface area contributed by atoms with Crippen LogP contribution in [-0.4, -0.2) is 55.6 Å². The Bertz CT molecular complexity index is 1070. The van der Waals surface area contributed by atoms with Crippen molar-refractivity contribution in [1.29, 1.82) is 0 Å². The van der Waals surface area contributed by atoms with Crippen LogP contribution in [0.25, 0.3) is 11.0 Å². The van der Waals surface area contributed by atoms with Crippen LogP contribution in [0, 0.1) is 0 Å². The number of hydrogen-bond acceptors (Lipinski definition) is 6. The fraction of sp³-hybridized carbons (Fsp3) is 0.455. The van der Waals surface area contributed by atoms with Crippen molar-refractivity contribution in [3.05, 3.63) is 40.8 Å². The second-order valence-corrected chi connectivity index (χ2v) is 9.04. The Balaban J connectivity index is 1.50. The van der Waals surface area contributed by atoms with Gasteiger partial charge in [0.15, 0.2) is 5.65 Å². The number of nitrogens with zero attached hydrogens (tertiary/aromatic N) is 4. The van der Waals surface area contributed by atoms with Gasteiger partial charge in [0, 0.05) is 34.4 Å². The normalized spacial score (nSPS) is 19.7. The lowest BCUT2D eigenvalue weighted by atomic mass is 9.95. The summed E-state index contributed by atoms with van der Waals surface area (Å²) in [5.41, 5.74) is 1.43. The van der Waals surface area contributed by atoms with Crippen molar-refractivity contribution in [1.82, 2.24) is 25.1 Å². The molecule has 0 bridgehead atoms. The molecule has 32 heavy (non-hydrogen) atoms. The van der Waals surface area contributed by atoms with Gasteiger partial charge in [-0.15, -0.1) is 0 Å². The number of amides is 1. The van der Waals surface area contributed by atoms with Crippen molar-refractivity contribution in [3.8, 4) is 0 Å². The van der Waals surface area contributed by atoms with Gasteiger partial charge in [-0.05, 0) is 44.4 Å². The molecule has 1 saturated heterocycles. The first-order valence-corrected chi connectivity index (χ1v) is 11.7. The van der Waals surface area contributed by atoms with Gasteiger partial charge in [0.05, 0.1) is 11.6 Å². The molecular formula is C22H27Cl2N7O. The number of piperidine rings is 1. The second kappa shape index (κ2) is 9.92. The van der Waals surface area contributed by atoms with Gasteiger partial charge in [-0.2, -0.15) is 5.10 Å². The van der Waals surface area contributed by atoms with Crippen LogP contribution >= 0.6 is 23.2 Å². The van der Waals surface area contributed by atoms with Crippen LogP contribution in [0.1, 0.15) is 39.5 Å². The van der Waals surface area contributed by atoms with Gasteiger partial charge in [-0.25, -0.2) is 9.97 Å². The first kappa shape index (κ1) is 22.6. The summed E-state index contributed by atoms with van der Waals surface area (Å²) in [7, 11) is 0. The molecule has 0 saturated carbocycles. The molecule has 1 aliphatic heterocycles. The van der Waals surface area contributed by atoms with Gasteiger partial charge in [-0.1, -0.05) is 36.5 Å². The lowest BCUT2D eigenvalue weighted by Crippen LogP contribution is -2.55. The van der Waals surface area contributed by atoms with Crippen molar-refractivity contribution >= 4 is 51.6 Å². The third-order valence-electron chi connectivity index (χ3n) is 5.92. The molecule has 1 fully saturated rings. The molecule has 3 atom stereocenters. The van der Waals surface area contributed by atoms with E-state index in [-0.39, 0.29) is 24.0 Å². The fourth-order valence-corrected chi connectivity index (χ4v) is 4.81. The number of rotatable bonds is 7. The molecule has 170 valence electrons. The molecule has 10 heteroatoms. The van der Waals surface area contributed by atoms with Crippen molar-refractivity contribution in [3.63, 3.8) is 0 Å². The Morgan fingerprint density at radius 3 is 2.81 bits per heavy atom. The summed E-state index contributed by atoms with van der Waals surface area (Å²) < 4.78 is 0. The fourth-order valence-electron chi connectivity index (χ4n) is 4.29. The first-order valence-electron chi connectivity index (χ1n) is 10.9. The Morgan fingerprint density at radius 1 is 1.28 bits per heavy atom. The monoisotopic (exact) mass is 475 g/mol. The lowest BCUT2D eigenvalue weighted by molar-refractivity contribution is -0.135. The molecule has 2 aromatic heterocycles. The lowest BCUT2D eigenvalue weighted by Gasteiger charge is -2.41. The Kier molecular flexibility index (Phi) is 7.01. The number of nitrogens with one attached hydrogen (secondary N) is 3. The quantitative estimate of drug-likeness (QED) is 0.456. The highest BCUT2D eigenvalue weighted by Crippen LogP contribution is 2.27. The van der Waals surface area contributed by atoms with Gasteiger partial charge < -0.3 is 15.5 Å². The molecular weight excluding hydrogens is 449 g/mol. The van der Waals surface area contributed by atoms with Crippen molar-refractivity contribution < 1.29 is 4.79 Å². The molecule has 0 spiro atoms. The number of fused-ring (bicyclic) bond motifs is 1. The highest BCUT2D eigenvalue weighted by molar-refractivity contribution is 6.35. The van der Waals surface area contributed by atoms with Gasteiger partial charge in [-0.3, -0.25) is 9.89 Å². The molecule has 1 aromatic carbocycles. The summed E-state index contributed by atoms with van der Waals surface area (Å²) in [4.78, 5) is 24.1.